The Kier molecular flexibility index (Phi) is 6.52. The summed E-state index contributed by atoms with van der Waals surface area (Å²) in [5.41, 5.74) is 7.91. The van der Waals surface area contributed by atoms with Crippen molar-refractivity contribution in [3.05, 3.63) is 59.6 Å². The van der Waals surface area contributed by atoms with E-state index in [2.05, 4.69) is 20.5 Å². The predicted molar refractivity (Wildman–Crippen MR) is 124 cm³/mol. The molecule has 0 amide bonds. The number of nitrogens with one attached hydrogen (secondary N) is 1. The van der Waals surface area contributed by atoms with Crippen molar-refractivity contribution in [2.45, 2.75) is 32.2 Å². The van der Waals surface area contributed by atoms with Crippen molar-refractivity contribution in [3.8, 4) is 11.1 Å². The average Bonchev–Trinajstić information content (AvgIpc) is 3.33. The number of hydrogen-bond donors (Lipinski definition) is 4. The molecule has 7 N–H and O–H groups in total. The van der Waals surface area contributed by atoms with Crippen LogP contribution in [-0.4, -0.2) is 33.7 Å². The summed E-state index contributed by atoms with van der Waals surface area (Å²) >= 11 is 0. The van der Waals surface area contributed by atoms with Crippen molar-refractivity contribution in [1.82, 2.24) is 20.1 Å². The van der Waals surface area contributed by atoms with Gasteiger partial charge in [0, 0.05) is 23.5 Å². The molecule has 11 heteroatoms. The first-order valence-corrected chi connectivity index (χ1v) is 10.7. The van der Waals surface area contributed by atoms with Crippen LogP contribution >= 0.6 is 0 Å². The molecule has 1 aromatic carbocycles. The van der Waals surface area contributed by atoms with Gasteiger partial charge in [0.2, 0.25) is 0 Å². The Bertz CT molecular complexity index is 1170. The Morgan fingerprint density at radius 2 is 1.97 bits per heavy atom. The number of piperidine rings is 1. The van der Waals surface area contributed by atoms with Crippen LogP contribution in [0.5, 0.6) is 0 Å². The Morgan fingerprint density at radius 3 is 2.67 bits per heavy atom. The fourth-order valence-corrected chi connectivity index (χ4v) is 3.98. The molecule has 2 aromatic heterocycles. The molecular weight excluding hydrogens is 428 g/mol. The number of aromatic nitrogens is 3. The third kappa shape index (κ3) is 4.37. The molecule has 4 rings (SSSR count). The minimum Gasteiger partial charge on any atom is -0.383 e. The summed E-state index contributed by atoms with van der Waals surface area (Å²) in [6.07, 6.45) is 7.64. The van der Waals surface area contributed by atoms with Gasteiger partial charge in [-0.05, 0) is 50.0 Å². The van der Waals surface area contributed by atoms with Crippen molar-refractivity contribution in [2.75, 3.05) is 23.8 Å². The van der Waals surface area contributed by atoms with Gasteiger partial charge in [0.05, 0.1) is 23.5 Å². The number of nitrogens with two attached hydrogens (primary N) is 3. The molecule has 9 nitrogen and oxygen atoms in total. The lowest BCUT2D eigenvalue weighted by atomic mass is 10.1. The van der Waals surface area contributed by atoms with Crippen LogP contribution in [0.3, 0.4) is 0 Å². The number of halogens is 2. The van der Waals surface area contributed by atoms with Gasteiger partial charge in [-0.25, -0.2) is 19.6 Å². The van der Waals surface area contributed by atoms with Gasteiger partial charge in [0.25, 0.3) is 0 Å². The van der Waals surface area contributed by atoms with E-state index in [9.17, 15) is 8.78 Å². The summed E-state index contributed by atoms with van der Waals surface area (Å²) in [7, 11) is 0. The van der Waals surface area contributed by atoms with E-state index in [1.807, 2.05) is 10.9 Å². The van der Waals surface area contributed by atoms with E-state index >= 15 is 0 Å². The molecule has 0 unspecified atom stereocenters. The minimum absolute atomic E-state index is 0.0601. The fourth-order valence-electron chi connectivity index (χ4n) is 3.98. The fraction of sp³-hybridized carbons (Fsp3) is 0.318. The summed E-state index contributed by atoms with van der Waals surface area (Å²) in [6.45, 7) is 3.63. The Hall–Kier alpha value is -3.57. The number of hydrogen-bond acceptors (Lipinski definition) is 7. The number of nitrogen functional groups attached to an aromatic ring is 1. The van der Waals surface area contributed by atoms with Crippen molar-refractivity contribution < 1.29 is 8.78 Å². The number of amidine groups is 1. The molecular formula is C22H27F2N9. The van der Waals surface area contributed by atoms with E-state index in [0.717, 1.165) is 36.5 Å². The molecule has 0 bridgehead atoms. The minimum atomic E-state index is -1.09. The molecule has 1 aliphatic heterocycles. The van der Waals surface area contributed by atoms with Crippen LogP contribution in [0.4, 0.5) is 20.3 Å². The SMILES string of the molecule is CCc1ccc(N(N)/C(=N\N)c2cc(-c3cnn(C4CCNCC4)c3)cnc2N)c(F)c1F. The van der Waals surface area contributed by atoms with Crippen LogP contribution in [0, 0.1) is 11.6 Å². The molecule has 0 saturated carbocycles. The van der Waals surface area contributed by atoms with Crippen LogP contribution in [0.2, 0.25) is 0 Å². The molecule has 0 spiro atoms. The lowest BCUT2D eigenvalue weighted by Crippen LogP contribution is -2.40. The molecule has 0 aliphatic carbocycles. The van der Waals surface area contributed by atoms with E-state index in [-0.39, 0.29) is 28.5 Å². The third-order valence-corrected chi connectivity index (χ3v) is 5.91. The van der Waals surface area contributed by atoms with E-state index < -0.39 is 11.6 Å². The first kappa shape index (κ1) is 22.6. The summed E-state index contributed by atoms with van der Waals surface area (Å²) in [5.74, 6) is 9.68. The molecule has 0 atom stereocenters. The number of benzene rings is 1. The predicted octanol–water partition coefficient (Wildman–Crippen LogP) is 2.29. The van der Waals surface area contributed by atoms with Gasteiger partial charge in [-0.3, -0.25) is 9.69 Å². The number of hydrazine groups is 1. The van der Waals surface area contributed by atoms with Crippen LogP contribution in [0.1, 0.15) is 36.9 Å². The van der Waals surface area contributed by atoms with Crippen LogP contribution in [0.15, 0.2) is 41.9 Å². The second-order valence-corrected chi connectivity index (χ2v) is 7.90. The maximum Gasteiger partial charge on any atom is 0.184 e. The van der Waals surface area contributed by atoms with Gasteiger partial charge in [-0.2, -0.15) is 10.2 Å². The van der Waals surface area contributed by atoms with Crippen molar-refractivity contribution in [2.24, 2.45) is 16.8 Å². The number of nitrogens with zero attached hydrogens (tertiary/aromatic N) is 5. The van der Waals surface area contributed by atoms with Crippen LogP contribution in [-0.2, 0) is 6.42 Å². The molecule has 0 radical (unpaired) electrons. The molecule has 3 heterocycles. The highest BCUT2D eigenvalue weighted by atomic mass is 19.2. The Morgan fingerprint density at radius 1 is 1.21 bits per heavy atom. The quantitative estimate of drug-likeness (QED) is 0.201. The molecule has 174 valence electrons. The summed E-state index contributed by atoms with van der Waals surface area (Å²) in [4.78, 5) is 4.23. The highest BCUT2D eigenvalue weighted by Crippen LogP contribution is 2.28. The third-order valence-electron chi connectivity index (χ3n) is 5.91. The zero-order chi connectivity index (χ0) is 23.5. The molecule has 1 fully saturated rings. The lowest BCUT2D eigenvalue weighted by Gasteiger charge is -2.23. The van der Waals surface area contributed by atoms with Crippen molar-refractivity contribution in [1.29, 1.82) is 0 Å². The lowest BCUT2D eigenvalue weighted by molar-refractivity contribution is 0.343. The zero-order valence-electron chi connectivity index (χ0n) is 18.3. The molecule has 3 aromatic rings. The van der Waals surface area contributed by atoms with Gasteiger partial charge in [-0.15, -0.1) is 0 Å². The normalized spacial score (nSPS) is 15.1. The second kappa shape index (κ2) is 9.51. The van der Waals surface area contributed by atoms with Crippen molar-refractivity contribution in [3.63, 3.8) is 0 Å². The highest BCUT2D eigenvalue weighted by Gasteiger charge is 2.23. The van der Waals surface area contributed by atoms with Gasteiger partial charge in [-0.1, -0.05) is 13.0 Å². The van der Waals surface area contributed by atoms with E-state index in [1.54, 1.807) is 25.4 Å². The topological polar surface area (TPSA) is 136 Å². The van der Waals surface area contributed by atoms with E-state index in [1.165, 1.54) is 12.1 Å². The number of aryl methyl sites for hydroxylation is 1. The van der Waals surface area contributed by atoms with Crippen molar-refractivity contribution >= 4 is 17.3 Å². The molecule has 1 aliphatic rings. The molecule has 1 saturated heterocycles. The monoisotopic (exact) mass is 455 g/mol. The van der Waals surface area contributed by atoms with Crippen LogP contribution in [0.25, 0.3) is 11.1 Å². The number of rotatable bonds is 5. The van der Waals surface area contributed by atoms with Gasteiger partial charge >= 0.3 is 0 Å². The number of hydrazone groups is 1. The van der Waals surface area contributed by atoms with Gasteiger partial charge < -0.3 is 16.9 Å². The standard InChI is InChI=1S/C22H27F2N9/c1-2-13-3-4-18(20(24)19(13)23)33(27)22(31-26)17-9-14(10-29-21(17)25)15-11-30-32(12-15)16-5-7-28-8-6-16/h3-4,9-12,16,28H,2,5-8,26-27H2,1H3,(H2,25,29)/b31-22-. The summed E-state index contributed by atoms with van der Waals surface area (Å²) in [6, 6.07) is 4.87. The average molecular weight is 456 g/mol. The first-order chi connectivity index (χ1) is 15.9. The smallest absolute Gasteiger partial charge is 0.184 e. The first-order valence-electron chi connectivity index (χ1n) is 10.7. The largest absolute Gasteiger partial charge is 0.383 e. The van der Waals surface area contributed by atoms with Gasteiger partial charge in [0.1, 0.15) is 5.82 Å². The molecule has 33 heavy (non-hydrogen) atoms. The van der Waals surface area contributed by atoms with E-state index in [4.69, 9.17) is 17.4 Å². The number of anilines is 2. The Labute approximate surface area is 190 Å². The second-order valence-electron chi connectivity index (χ2n) is 7.90. The van der Waals surface area contributed by atoms with E-state index in [0.29, 0.717) is 18.0 Å². The Balaban J connectivity index is 1.67. The summed E-state index contributed by atoms with van der Waals surface area (Å²) < 4.78 is 31.0. The zero-order valence-corrected chi connectivity index (χ0v) is 18.3. The van der Waals surface area contributed by atoms with Crippen LogP contribution < -0.4 is 27.7 Å². The highest BCUT2D eigenvalue weighted by molar-refractivity contribution is 6.12. The number of pyridine rings is 1. The van der Waals surface area contributed by atoms with Gasteiger partial charge in [0.15, 0.2) is 17.5 Å². The maximum absolute atomic E-state index is 14.7. The summed E-state index contributed by atoms with van der Waals surface area (Å²) in [5, 5.41) is 12.4. The maximum atomic E-state index is 14.7.